The molecule has 2 aromatic heterocycles. The van der Waals surface area contributed by atoms with Crippen LogP contribution in [0.1, 0.15) is 23.9 Å². The van der Waals surface area contributed by atoms with Crippen LogP contribution in [0, 0.1) is 13.8 Å². The first kappa shape index (κ1) is 18.5. The fraction of sp³-hybridized carbons (Fsp3) is 0.263. The van der Waals surface area contributed by atoms with Crippen LogP contribution in [0.5, 0.6) is 0 Å². The number of aryl methyl sites for hydroxylation is 3. The van der Waals surface area contributed by atoms with Crippen LogP contribution in [0.15, 0.2) is 40.9 Å². The number of carbonyl (C=O) groups is 1. The Morgan fingerprint density at radius 3 is 2.46 bits per heavy atom. The van der Waals surface area contributed by atoms with E-state index >= 15 is 0 Å². The molecule has 3 rings (SSSR count). The number of nitrogens with one attached hydrogen (secondary N) is 1. The molecule has 26 heavy (non-hydrogen) atoms. The van der Waals surface area contributed by atoms with Crippen molar-refractivity contribution in [3.63, 3.8) is 0 Å². The minimum atomic E-state index is -0.111. The van der Waals surface area contributed by atoms with Gasteiger partial charge >= 0.3 is 0 Å². The molecule has 134 valence electrons. The van der Waals surface area contributed by atoms with Crippen molar-refractivity contribution in [2.45, 2.75) is 32.3 Å². The predicted octanol–water partition coefficient (Wildman–Crippen LogP) is 4.51. The number of hydrogen-bond donors (Lipinski definition) is 1. The van der Waals surface area contributed by atoms with Crippen LogP contribution in [0.3, 0.4) is 0 Å². The third-order valence-electron chi connectivity index (χ3n) is 3.70. The second kappa shape index (κ2) is 8.42. The van der Waals surface area contributed by atoms with Gasteiger partial charge in [-0.05, 0) is 31.9 Å². The van der Waals surface area contributed by atoms with Crippen molar-refractivity contribution in [3.8, 4) is 11.3 Å². The molecule has 7 heteroatoms. The summed E-state index contributed by atoms with van der Waals surface area (Å²) in [6.07, 6.45) is 1.01. The molecule has 0 saturated carbocycles. The molecule has 5 nitrogen and oxygen atoms in total. The highest BCUT2D eigenvalue weighted by Gasteiger charge is 2.10. The van der Waals surface area contributed by atoms with E-state index in [1.54, 1.807) is 0 Å². The van der Waals surface area contributed by atoms with Gasteiger partial charge in [-0.25, -0.2) is 15.0 Å². The summed E-state index contributed by atoms with van der Waals surface area (Å²) in [5, 5.41) is 6.02. The lowest BCUT2D eigenvalue weighted by Crippen LogP contribution is -2.14. The Morgan fingerprint density at radius 1 is 1.12 bits per heavy atom. The zero-order chi connectivity index (χ0) is 18.5. The van der Waals surface area contributed by atoms with Crippen LogP contribution < -0.4 is 5.32 Å². The van der Waals surface area contributed by atoms with Crippen LogP contribution in [0.25, 0.3) is 11.3 Å². The van der Waals surface area contributed by atoms with Crippen molar-refractivity contribution in [3.05, 3.63) is 52.7 Å². The minimum Gasteiger partial charge on any atom is -0.301 e. The topological polar surface area (TPSA) is 67.8 Å². The van der Waals surface area contributed by atoms with Gasteiger partial charge in [0.2, 0.25) is 5.91 Å². The zero-order valence-electron chi connectivity index (χ0n) is 14.9. The molecule has 0 bridgehead atoms. The average molecular weight is 385 g/mol. The van der Waals surface area contributed by atoms with Gasteiger partial charge in [0, 0.05) is 22.3 Å². The molecular formula is C19H20N4OS2. The largest absolute Gasteiger partial charge is 0.301 e. The van der Waals surface area contributed by atoms with E-state index in [0.717, 1.165) is 29.1 Å². The maximum Gasteiger partial charge on any atom is 0.236 e. The van der Waals surface area contributed by atoms with Gasteiger partial charge in [-0.15, -0.1) is 11.3 Å². The zero-order valence-corrected chi connectivity index (χ0v) is 16.6. The number of thiazole rings is 1. The fourth-order valence-corrected chi connectivity index (χ4v) is 3.90. The lowest BCUT2D eigenvalue weighted by Gasteiger charge is -2.03. The number of carbonyl (C=O) groups excluding carboxylic acids is 1. The van der Waals surface area contributed by atoms with E-state index in [9.17, 15) is 4.79 Å². The molecule has 1 aromatic carbocycles. The van der Waals surface area contributed by atoms with Gasteiger partial charge in [0.05, 0.1) is 11.4 Å². The first-order valence-corrected chi connectivity index (χ1v) is 10.2. The first-order valence-electron chi connectivity index (χ1n) is 8.33. The summed E-state index contributed by atoms with van der Waals surface area (Å²) < 4.78 is 0. The Balaban J connectivity index is 1.58. The number of anilines is 1. The average Bonchev–Trinajstić information content (AvgIpc) is 3.08. The second-order valence-electron chi connectivity index (χ2n) is 5.86. The summed E-state index contributed by atoms with van der Waals surface area (Å²) in [5.74, 6) is 0.142. The van der Waals surface area contributed by atoms with Crippen LogP contribution in [-0.2, 0) is 11.2 Å². The fourth-order valence-electron chi connectivity index (χ4n) is 2.42. The van der Waals surface area contributed by atoms with E-state index in [-0.39, 0.29) is 11.7 Å². The van der Waals surface area contributed by atoms with E-state index in [4.69, 9.17) is 0 Å². The molecule has 0 aliphatic carbocycles. The molecule has 2 heterocycles. The van der Waals surface area contributed by atoms with Gasteiger partial charge in [0.1, 0.15) is 0 Å². The SMILES string of the molecule is CCc1ccc(-c2csc(NC(=O)CSc3nc(C)cc(C)n3)n2)cc1. The Morgan fingerprint density at radius 2 is 1.81 bits per heavy atom. The van der Waals surface area contributed by atoms with Crippen molar-refractivity contribution < 1.29 is 4.79 Å². The number of benzene rings is 1. The molecule has 3 aromatic rings. The summed E-state index contributed by atoms with van der Waals surface area (Å²) in [4.78, 5) is 25.3. The Kier molecular flexibility index (Phi) is 6.00. The van der Waals surface area contributed by atoms with E-state index in [0.29, 0.717) is 10.3 Å². The van der Waals surface area contributed by atoms with Gasteiger partial charge in [0.25, 0.3) is 0 Å². The highest BCUT2D eigenvalue weighted by atomic mass is 32.2. The Bertz CT molecular complexity index is 886. The normalized spacial score (nSPS) is 10.7. The predicted molar refractivity (Wildman–Crippen MR) is 108 cm³/mol. The number of amides is 1. The molecule has 0 saturated heterocycles. The van der Waals surface area contributed by atoms with Crippen molar-refractivity contribution in [2.75, 3.05) is 11.1 Å². The summed E-state index contributed by atoms with van der Waals surface area (Å²) in [6.45, 7) is 5.97. The molecule has 0 aliphatic heterocycles. The minimum absolute atomic E-state index is 0.111. The second-order valence-corrected chi connectivity index (χ2v) is 7.66. The van der Waals surface area contributed by atoms with Crippen molar-refractivity contribution in [2.24, 2.45) is 0 Å². The molecule has 0 radical (unpaired) electrons. The number of thioether (sulfide) groups is 1. The highest BCUT2D eigenvalue weighted by Crippen LogP contribution is 2.25. The lowest BCUT2D eigenvalue weighted by atomic mass is 10.1. The maximum atomic E-state index is 12.2. The van der Waals surface area contributed by atoms with E-state index in [1.807, 2.05) is 25.3 Å². The smallest absolute Gasteiger partial charge is 0.236 e. The molecule has 0 spiro atoms. The molecule has 0 atom stereocenters. The number of rotatable bonds is 6. The maximum absolute atomic E-state index is 12.2. The molecule has 1 N–H and O–H groups in total. The third-order valence-corrected chi connectivity index (χ3v) is 5.31. The Labute approximate surface area is 161 Å². The van der Waals surface area contributed by atoms with E-state index in [1.165, 1.54) is 28.7 Å². The molecular weight excluding hydrogens is 364 g/mol. The van der Waals surface area contributed by atoms with Gasteiger partial charge in [-0.3, -0.25) is 4.79 Å². The monoisotopic (exact) mass is 384 g/mol. The quantitative estimate of drug-likeness (QED) is 0.500. The van der Waals surface area contributed by atoms with Gasteiger partial charge in [-0.2, -0.15) is 0 Å². The van der Waals surface area contributed by atoms with Crippen LogP contribution in [-0.4, -0.2) is 26.6 Å². The summed E-state index contributed by atoms with van der Waals surface area (Å²) in [7, 11) is 0. The Hall–Kier alpha value is -2.25. The van der Waals surface area contributed by atoms with Crippen molar-refractivity contribution in [1.82, 2.24) is 15.0 Å². The van der Waals surface area contributed by atoms with Crippen molar-refractivity contribution in [1.29, 1.82) is 0 Å². The summed E-state index contributed by atoms with van der Waals surface area (Å²) in [5.41, 5.74) is 5.02. The van der Waals surface area contributed by atoms with E-state index < -0.39 is 0 Å². The molecule has 0 unspecified atom stereocenters. The van der Waals surface area contributed by atoms with Gasteiger partial charge < -0.3 is 5.32 Å². The third kappa shape index (κ3) is 4.89. The highest BCUT2D eigenvalue weighted by molar-refractivity contribution is 7.99. The molecule has 0 fully saturated rings. The number of aromatic nitrogens is 3. The summed E-state index contributed by atoms with van der Waals surface area (Å²) >= 11 is 2.75. The van der Waals surface area contributed by atoms with Crippen LogP contribution >= 0.6 is 23.1 Å². The van der Waals surface area contributed by atoms with Crippen LogP contribution in [0.4, 0.5) is 5.13 Å². The van der Waals surface area contributed by atoms with E-state index in [2.05, 4.69) is 51.5 Å². The van der Waals surface area contributed by atoms with Crippen LogP contribution in [0.2, 0.25) is 0 Å². The standard InChI is InChI=1S/C19H20N4OS2/c1-4-14-5-7-15(8-6-14)16-10-25-19(22-16)23-17(24)11-26-18-20-12(2)9-13(3)21-18/h5-10H,4,11H2,1-3H3,(H,22,23,24). The van der Waals surface area contributed by atoms with Gasteiger partial charge in [-0.1, -0.05) is 43.0 Å². The number of hydrogen-bond acceptors (Lipinski definition) is 6. The molecule has 1 amide bonds. The number of nitrogens with zero attached hydrogens (tertiary/aromatic N) is 3. The first-order chi connectivity index (χ1) is 12.5. The molecule has 0 aliphatic rings. The summed E-state index contributed by atoms with van der Waals surface area (Å²) in [6, 6.07) is 10.2. The van der Waals surface area contributed by atoms with Crippen molar-refractivity contribution >= 4 is 34.1 Å². The lowest BCUT2D eigenvalue weighted by molar-refractivity contribution is -0.113. The van der Waals surface area contributed by atoms with Gasteiger partial charge in [0.15, 0.2) is 10.3 Å².